The Kier molecular flexibility index (Phi) is 3.90. The minimum atomic E-state index is 0.0650. The summed E-state index contributed by atoms with van der Waals surface area (Å²) in [5, 5.41) is 0. The number of hydrogen-bond acceptors (Lipinski definition) is 1. The summed E-state index contributed by atoms with van der Waals surface area (Å²) >= 11 is 0. The molecule has 2 nitrogen and oxygen atoms in total. The molecule has 0 aromatic carbocycles. The Balaban J connectivity index is 1.27. The predicted molar refractivity (Wildman–Crippen MR) is 115 cm³/mol. The zero-order chi connectivity index (χ0) is 19.2. The molecule has 9 aliphatic rings. The van der Waals surface area contributed by atoms with Gasteiger partial charge in [0.2, 0.25) is 5.91 Å². The van der Waals surface area contributed by atoms with Gasteiger partial charge in [-0.2, -0.15) is 0 Å². The Morgan fingerprint density at radius 3 is 1.45 bits per heavy atom. The lowest BCUT2D eigenvalue weighted by Crippen LogP contribution is -2.68. The van der Waals surface area contributed by atoms with Gasteiger partial charge >= 0.3 is 0 Å². The smallest absolute Gasteiger partial charge is 0.229 e. The van der Waals surface area contributed by atoms with Gasteiger partial charge in [0.25, 0.3) is 0 Å². The minimum Gasteiger partial charge on any atom is -0.334 e. The molecule has 0 spiro atoms. The van der Waals surface area contributed by atoms with Crippen LogP contribution in [0.25, 0.3) is 0 Å². The first-order chi connectivity index (χ1) is 14.1. The molecule has 0 heterocycles. The third-order valence-electron chi connectivity index (χ3n) is 11.2. The first-order valence-electron chi connectivity index (χ1n) is 13.4. The second-order valence-electron chi connectivity index (χ2n) is 13.3. The maximum absolute atomic E-state index is 14.7. The minimum absolute atomic E-state index is 0.0650. The standard InChI is InChI=1S/C27H41NO/c29-25(26-12-18-6-19(13-26)8-20(7-18)14-26)28(24-4-2-1-3-5-24)27-15-21-9-22(16-27)11-23(10-21)17-27/h18-24H,1-17H2. The molecule has 8 bridgehead atoms. The summed E-state index contributed by atoms with van der Waals surface area (Å²) in [4.78, 5) is 17.5. The van der Waals surface area contributed by atoms with E-state index in [4.69, 9.17) is 0 Å². The van der Waals surface area contributed by atoms with E-state index >= 15 is 0 Å². The SMILES string of the molecule is O=C(N(C1CCCCC1)C12CC3CC(CC(C3)C1)C2)C12CC3CC(CC(C3)C1)C2. The fourth-order valence-corrected chi connectivity index (χ4v) is 11.1. The number of amides is 1. The molecule has 2 heteroatoms. The van der Waals surface area contributed by atoms with E-state index < -0.39 is 0 Å². The number of hydrogen-bond donors (Lipinski definition) is 0. The van der Waals surface area contributed by atoms with E-state index in [0.29, 0.717) is 11.9 Å². The Bertz CT molecular complexity index is 618. The van der Waals surface area contributed by atoms with Gasteiger partial charge in [0.1, 0.15) is 0 Å². The fraction of sp³-hybridized carbons (Fsp3) is 0.963. The molecule has 0 aliphatic heterocycles. The van der Waals surface area contributed by atoms with Crippen molar-refractivity contribution < 1.29 is 4.79 Å². The largest absolute Gasteiger partial charge is 0.334 e. The maximum atomic E-state index is 14.7. The summed E-state index contributed by atoms with van der Waals surface area (Å²) in [5.41, 5.74) is 0.340. The second kappa shape index (κ2) is 6.26. The molecule has 9 saturated carbocycles. The summed E-state index contributed by atoms with van der Waals surface area (Å²) in [6.07, 6.45) is 23.4. The van der Waals surface area contributed by atoms with E-state index in [2.05, 4.69) is 4.90 Å². The number of nitrogens with zero attached hydrogens (tertiary/aromatic N) is 1. The molecular weight excluding hydrogens is 354 g/mol. The first-order valence-corrected chi connectivity index (χ1v) is 13.4. The van der Waals surface area contributed by atoms with E-state index in [1.54, 1.807) is 0 Å². The lowest BCUT2D eigenvalue weighted by atomic mass is 9.48. The van der Waals surface area contributed by atoms with Gasteiger partial charge in [0.15, 0.2) is 0 Å². The molecule has 1 amide bonds. The van der Waals surface area contributed by atoms with Gasteiger partial charge in [-0.3, -0.25) is 4.79 Å². The molecule has 29 heavy (non-hydrogen) atoms. The average Bonchev–Trinajstić information content (AvgIpc) is 2.66. The molecule has 9 fully saturated rings. The molecule has 0 saturated heterocycles. The van der Waals surface area contributed by atoms with E-state index in [0.717, 1.165) is 35.5 Å². The van der Waals surface area contributed by atoms with Crippen LogP contribution in [0.15, 0.2) is 0 Å². The van der Waals surface area contributed by atoms with Crippen molar-refractivity contribution in [1.82, 2.24) is 4.90 Å². The quantitative estimate of drug-likeness (QED) is 0.546. The maximum Gasteiger partial charge on any atom is 0.229 e. The summed E-state index contributed by atoms with van der Waals surface area (Å²) in [7, 11) is 0. The monoisotopic (exact) mass is 395 g/mol. The van der Waals surface area contributed by atoms with Gasteiger partial charge in [-0.1, -0.05) is 19.3 Å². The van der Waals surface area contributed by atoms with Gasteiger partial charge in [-0.25, -0.2) is 0 Å². The van der Waals surface area contributed by atoms with Crippen molar-refractivity contribution in [3.05, 3.63) is 0 Å². The third-order valence-corrected chi connectivity index (χ3v) is 11.2. The normalized spacial score (nSPS) is 52.8. The van der Waals surface area contributed by atoms with E-state index in [1.807, 2.05) is 0 Å². The van der Waals surface area contributed by atoms with Crippen LogP contribution in [0.2, 0.25) is 0 Å². The zero-order valence-electron chi connectivity index (χ0n) is 18.4. The van der Waals surface area contributed by atoms with Crippen LogP contribution in [-0.4, -0.2) is 22.4 Å². The van der Waals surface area contributed by atoms with Crippen LogP contribution in [0.3, 0.4) is 0 Å². The van der Waals surface area contributed by atoms with Gasteiger partial charge in [0.05, 0.1) is 5.41 Å². The van der Waals surface area contributed by atoms with E-state index in [-0.39, 0.29) is 11.0 Å². The summed E-state index contributed by atoms with van der Waals surface area (Å²) in [6, 6.07) is 0.584. The number of carbonyl (C=O) groups excluding carboxylic acids is 1. The topological polar surface area (TPSA) is 20.3 Å². The van der Waals surface area contributed by atoms with Crippen LogP contribution in [0.5, 0.6) is 0 Å². The summed E-state index contributed by atoms with van der Waals surface area (Å²) in [6.45, 7) is 0. The van der Waals surface area contributed by atoms with Crippen molar-refractivity contribution >= 4 is 5.91 Å². The molecule has 0 aromatic rings. The molecule has 0 unspecified atom stereocenters. The van der Waals surface area contributed by atoms with Crippen molar-refractivity contribution in [3.63, 3.8) is 0 Å². The van der Waals surface area contributed by atoms with Crippen LogP contribution < -0.4 is 0 Å². The zero-order valence-corrected chi connectivity index (χ0v) is 18.4. The Morgan fingerprint density at radius 2 is 1.00 bits per heavy atom. The Hall–Kier alpha value is -0.530. The molecule has 0 N–H and O–H groups in total. The molecule has 0 radical (unpaired) electrons. The van der Waals surface area contributed by atoms with Crippen molar-refractivity contribution in [2.24, 2.45) is 40.9 Å². The molecule has 0 atom stereocenters. The van der Waals surface area contributed by atoms with Crippen LogP contribution in [0.4, 0.5) is 0 Å². The number of carbonyl (C=O) groups is 1. The highest BCUT2D eigenvalue weighted by atomic mass is 16.2. The van der Waals surface area contributed by atoms with Gasteiger partial charge in [0, 0.05) is 11.6 Å². The lowest BCUT2D eigenvalue weighted by molar-refractivity contribution is -0.182. The van der Waals surface area contributed by atoms with Crippen molar-refractivity contribution in [3.8, 4) is 0 Å². The molecule has 160 valence electrons. The highest BCUT2D eigenvalue weighted by Crippen LogP contribution is 2.63. The number of rotatable bonds is 3. The second-order valence-corrected chi connectivity index (χ2v) is 13.3. The van der Waals surface area contributed by atoms with Crippen molar-refractivity contribution in [2.75, 3.05) is 0 Å². The van der Waals surface area contributed by atoms with Crippen molar-refractivity contribution in [1.29, 1.82) is 0 Å². The summed E-state index contributed by atoms with van der Waals surface area (Å²) in [5.74, 6) is 6.18. The van der Waals surface area contributed by atoms with E-state index in [1.165, 1.54) is 109 Å². The van der Waals surface area contributed by atoms with Gasteiger partial charge < -0.3 is 4.90 Å². The molecule has 0 aromatic heterocycles. The Morgan fingerprint density at radius 1 is 0.586 bits per heavy atom. The molecular formula is C27H41NO. The van der Waals surface area contributed by atoms with Crippen LogP contribution in [0.1, 0.15) is 109 Å². The van der Waals surface area contributed by atoms with Gasteiger partial charge in [-0.15, -0.1) is 0 Å². The highest BCUT2D eigenvalue weighted by Gasteiger charge is 2.61. The molecule has 9 aliphatic carbocycles. The van der Waals surface area contributed by atoms with Crippen molar-refractivity contribution in [2.45, 2.75) is 121 Å². The molecule has 9 rings (SSSR count). The third kappa shape index (κ3) is 2.68. The first kappa shape index (κ1) is 18.1. The van der Waals surface area contributed by atoms with Crippen LogP contribution in [0, 0.1) is 40.9 Å². The van der Waals surface area contributed by atoms with E-state index in [9.17, 15) is 4.79 Å². The summed E-state index contributed by atoms with van der Waals surface area (Å²) < 4.78 is 0. The Labute approximate surface area is 177 Å². The lowest BCUT2D eigenvalue weighted by Gasteiger charge is -2.65. The fourth-order valence-electron chi connectivity index (χ4n) is 11.1. The highest BCUT2D eigenvalue weighted by molar-refractivity contribution is 5.84. The van der Waals surface area contributed by atoms with Crippen LogP contribution >= 0.6 is 0 Å². The van der Waals surface area contributed by atoms with Gasteiger partial charge in [-0.05, 0) is 125 Å². The predicted octanol–water partition coefficient (Wildman–Crippen LogP) is 6.33. The van der Waals surface area contributed by atoms with Crippen LogP contribution in [-0.2, 0) is 4.79 Å². The average molecular weight is 396 g/mol.